The van der Waals surface area contributed by atoms with Crippen molar-refractivity contribution in [1.29, 1.82) is 0 Å². The maximum Gasteiger partial charge on any atom is 0.251 e. The lowest BCUT2D eigenvalue weighted by Crippen LogP contribution is -2.34. The van der Waals surface area contributed by atoms with Gasteiger partial charge < -0.3 is 15.2 Å². The summed E-state index contributed by atoms with van der Waals surface area (Å²) in [6.07, 6.45) is 4.90. The number of nitrogens with one attached hydrogen (secondary N) is 3. The molecule has 3 aromatic rings. The number of carbonyl (C=O) groups is 2. The molecule has 0 unspecified atom stereocenters. The van der Waals surface area contributed by atoms with Gasteiger partial charge in [-0.15, -0.1) is 0 Å². The second-order valence-corrected chi connectivity index (χ2v) is 8.35. The normalized spacial score (nSPS) is 11.0. The number of hydrogen-bond acceptors (Lipinski definition) is 4. The Balaban J connectivity index is 1.44. The fraction of sp³-hybridized carbons (Fsp3) is 0.143. The molecule has 8 nitrogen and oxygen atoms in total. The minimum atomic E-state index is -3.36. The van der Waals surface area contributed by atoms with Crippen molar-refractivity contribution < 1.29 is 18.0 Å². The number of aromatic nitrogens is 1. The zero-order chi connectivity index (χ0) is 21.6. The second-order valence-electron chi connectivity index (χ2n) is 6.60. The van der Waals surface area contributed by atoms with E-state index < -0.39 is 10.0 Å². The lowest BCUT2D eigenvalue weighted by atomic mass is 10.2. The monoisotopic (exact) mass is 426 g/mol. The van der Waals surface area contributed by atoms with Crippen molar-refractivity contribution in [2.75, 3.05) is 24.1 Å². The van der Waals surface area contributed by atoms with Crippen LogP contribution >= 0.6 is 0 Å². The van der Waals surface area contributed by atoms with Crippen molar-refractivity contribution in [3.63, 3.8) is 0 Å². The molecule has 9 heteroatoms. The largest absolute Gasteiger partial charge is 0.350 e. The highest BCUT2D eigenvalue weighted by Gasteiger charge is 2.08. The minimum Gasteiger partial charge on any atom is -0.350 e. The van der Waals surface area contributed by atoms with Gasteiger partial charge in [-0.3, -0.25) is 14.3 Å². The van der Waals surface area contributed by atoms with Crippen LogP contribution in [0.25, 0.3) is 5.69 Å². The Kier molecular flexibility index (Phi) is 6.53. The number of anilines is 1. The van der Waals surface area contributed by atoms with Gasteiger partial charge in [0.2, 0.25) is 10.0 Å². The molecule has 156 valence electrons. The van der Waals surface area contributed by atoms with Gasteiger partial charge in [0, 0.05) is 48.0 Å². The highest BCUT2D eigenvalue weighted by atomic mass is 32.2. The average molecular weight is 426 g/mol. The summed E-state index contributed by atoms with van der Waals surface area (Å²) in [5.41, 5.74) is 2.26. The molecule has 0 atom stereocenters. The molecule has 0 radical (unpaired) electrons. The third kappa shape index (κ3) is 5.95. The smallest absolute Gasteiger partial charge is 0.251 e. The van der Waals surface area contributed by atoms with Gasteiger partial charge in [-0.25, -0.2) is 8.42 Å². The topological polar surface area (TPSA) is 109 Å². The number of sulfonamides is 1. The number of carbonyl (C=O) groups excluding carboxylic acids is 2. The molecule has 2 amide bonds. The Bertz CT molecular complexity index is 1110. The number of rotatable bonds is 8. The van der Waals surface area contributed by atoms with E-state index >= 15 is 0 Å². The standard InChI is InChI=1S/C21H22N4O4S/c1-30(28,29)24-18-8-4-16(5-9-18)20(26)22-12-13-23-21(27)17-6-10-19(11-7-17)25-14-2-3-15-25/h2-11,14-15,24H,12-13H2,1H3,(H,22,26)(H,23,27). The third-order valence-electron chi connectivity index (χ3n) is 4.18. The number of amides is 2. The maximum absolute atomic E-state index is 12.2. The van der Waals surface area contributed by atoms with Crippen molar-refractivity contribution in [3.8, 4) is 5.69 Å². The summed E-state index contributed by atoms with van der Waals surface area (Å²) in [5.74, 6) is -0.536. The van der Waals surface area contributed by atoms with E-state index in [2.05, 4.69) is 15.4 Å². The predicted molar refractivity (Wildman–Crippen MR) is 115 cm³/mol. The summed E-state index contributed by atoms with van der Waals surface area (Å²) in [4.78, 5) is 24.4. The molecule has 0 bridgehead atoms. The zero-order valence-corrected chi connectivity index (χ0v) is 17.1. The molecule has 0 spiro atoms. The van der Waals surface area contributed by atoms with Crippen molar-refractivity contribution in [1.82, 2.24) is 15.2 Å². The summed E-state index contributed by atoms with van der Waals surface area (Å²) in [6, 6.07) is 17.1. The molecule has 3 rings (SSSR count). The van der Waals surface area contributed by atoms with Gasteiger partial charge in [0.15, 0.2) is 0 Å². The summed E-state index contributed by atoms with van der Waals surface area (Å²) in [6.45, 7) is 0.535. The lowest BCUT2D eigenvalue weighted by molar-refractivity contribution is 0.0927. The highest BCUT2D eigenvalue weighted by molar-refractivity contribution is 7.92. The highest BCUT2D eigenvalue weighted by Crippen LogP contribution is 2.11. The first-order chi connectivity index (χ1) is 14.3. The first-order valence-electron chi connectivity index (χ1n) is 9.19. The molecule has 0 fully saturated rings. The first kappa shape index (κ1) is 21.1. The van der Waals surface area contributed by atoms with Crippen LogP contribution < -0.4 is 15.4 Å². The molecular formula is C21H22N4O4S. The fourth-order valence-corrected chi connectivity index (χ4v) is 3.32. The van der Waals surface area contributed by atoms with Gasteiger partial charge in [-0.1, -0.05) is 0 Å². The van der Waals surface area contributed by atoms with Crippen molar-refractivity contribution in [3.05, 3.63) is 84.2 Å². The van der Waals surface area contributed by atoms with Crippen LogP contribution in [0.5, 0.6) is 0 Å². The van der Waals surface area contributed by atoms with E-state index in [0.717, 1.165) is 11.9 Å². The Morgan fingerprint density at radius 1 is 0.800 bits per heavy atom. The fourth-order valence-electron chi connectivity index (χ4n) is 2.75. The minimum absolute atomic E-state index is 0.223. The molecule has 0 saturated carbocycles. The molecule has 1 heterocycles. The quantitative estimate of drug-likeness (QED) is 0.479. The Hall–Kier alpha value is -3.59. The van der Waals surface area contributed by atoms with Crippen LogP contribution in [0.15, 0.2) is 73.1 Å². The van der Waals surface area contributed by atoms with E-state index in [4.69, 9.17) is 0 Å². The summed E-state index contributed by atoms with van der Waals surface area (Å²) in [7, 11) is -3.36. The van der Waals surface area contributed by atoms with Crippen molar-refractivity contribution in [2.45, 2.75) is 0 Å². The van der Waals surface area contributed by atoms with Crippen molar-refractivity contribution in [2.24, 2.45) is 0 Å². The molecular weight excluding hydrogens is 404 g/mol. The lowest BCUT2D eigenvalue weighted by Gasteiger charge is -2.09. The molecule has 1 aromatic heterocycles. The average Bonchev–Trinajstić information content (AvgIpc) is 3.25. The van der Waals surface area contributed by atoms with Gasteiger partial charge in [0.25, 0.3) is 11.8 Å². The zero-order valence-electron chi connectivity index (χ0n) is 16.3. The van der Waals surface area contributed by atoms with E-state index in [-0.39, 0.29) is 24.9 Å². The van der Waals surface area contributed by atoms with Crippen LogP contribution in [0.3, 0.4) is 0 Å². The van der Waals surface area contributed by atoms with E-state index in [1.165, 1.54) is 24.3 Å². The Labute approximate surface area is 175 Å². The number of benzene rings is 2. The van der Waals surface area contributed by atoms with Crippen LogP contribution in [0, 0.1) is 0 Å². The summed E-state index contributed by atoms with van der Waals surface area (Å²) < 4.78 is 26.7. The van der Waals surface area contributed by atoms with Crippen molar-refractivity contribution >= 4 is 27.5 Å². The van der Waals surface area contributed by atoms with E-state index in [1.54, 1.807) is 12.1 Å². The Morgan fingerprint density at radius 3 is 1.73 bits per heavy atom. The molecule has 30 heavy (non-hydrogen) atoms. The van der Waals surface area contributed by atoms with Crippen LogP contribution in [0.2, 0.25) is 0 Å². The van der Waals surface area contributed by atoms with Gasteiger partial charge in [0.05, 0.1) is 6.26 Å². The summed E-state index contributed by atoms with van der Waals surface area (Å²) >= 11 is 0. The SMILES string of the molecule is CS(=O)(=O)Nc1ccc(C(=O)NCCNC(=O)c2ccc(-n3cccc3)cc2)cc1. The molecule has 2 aromatic carbocycles. The maximum atomic E-state index is 12.2. The van der Waals surface area contributed by atoms with Gasteiger partial charge >= 0.3 is 0 Å². The van der Waals surface area contributed by atoms with Crippen LogP contribution in [0.4, 0.5) is 5.69 Å². The third-order valence-corrected chi connectivity index (χ3v) is 4.79. The van der Waals surface area contributed by atoms with Gasteiger partial charge in [0.1, 0.15) is 0 Å². The summed E-state index contributed by atoms with van der Waals surface area (Å²) in [5, 5.41) is 5.46. The second kappa shape index (κ2) is 9.27. The van der Waals surface area contributed by atoms with Gasteiger partial charge in [-0.05, 0) is 60.7 Å². The van der Waals surface area contributed by atoms with Crippen LogP contribution in [0.1, 0.15) is 20.7 Å². The molecule has 0 aliphatic rings. The van der Waals surface area contributed by atoms with E-state index in [9.17, 15) is 18.0 Å². The molecule has 0 saturated heterocycles. The molecule has 0 aliphatic heterocycles. The molecule has 0 aliphatic carbocycles. The predicted octanol–water partition coefficient (Wildman–Crippen LogP) is 2.01. The van der Waals surface area contributed by atoms with E-state index in [1.807, 2.05) is 41.2 Å². The van der Waals surface area contributed by atoms with Crippen LogP contribution in [-0.2, 0) is 10.0 Å². The Morgan fingerprint density at radius 2 is 1.27 bits per heavy atom. The van der Waals surface area contributed by atoms with Crippen LogP contribution in [-0.4, -0.2) is 44.1 Å². The molecule has 3 N–H and O–H groups in total. The number of nitrogens with zero attached hydrogens (tertiary/aromatic N) is 1. The first-order valence-corrected chi connectivity index (χ1v) is 11.1. The van der Waals surface area contributed by atoms with Gasteiger partial charge in [-0.2, -0.15) is 0 Å². The van der Waals surface area contributed by atoms with E-state index in [0.29, 0.717) is 16.8 Å². The number of hydrogen-bond donors (Lipinski definition) is 3.